The van der Waals surface area contributed by atoms with Gasteiger partial charge in [0.2, 0.25) is 0 Å². The lowest BCUT2D eigenvalue weighted by atomic mass is 10.4. The minimum Gasteiger partial charge on any atom is -0.372 e. The van der Waals surface area contributed by atoms with Gasteiger partial charge in [-0.05, 0) is 13.0 Å². The van der Waals surface area contributed by atoms with E-state index in [1.807, 2.05) is 0 Å². The Morgan fingerprint density at radius 3 is 2.36 bits per heavy atom. The SMILES string of the molecule is FC(F)CNCCCOCC(F)(F)F. The summed E-state index contributed by atoms with van der Waals surface area (Å²) in [6.07, 6.45) is -6.48. The number of halogens is 5. The summed E-state index contributed by atoms with van der Waals surface area (Å²) in [6.45, 7) is -1.60. The van der Waals surface area contributed by atoms with Gasteiger partial charge in [-0.25, -0.2) is 8.78 Å². The highest BCUT2D eigenvalue weighted by molar-refractivity contribution is 4.50. The molecule has 0 unspecified atom stereocenters. The molecule has 0 heterocycles. The number of hydrogen-bond donors (Lipinski definition) is 1. The molecule has 0 aliphatic heterocycles. The van der Waals surface area contributed by atoms with Crippen LogP contribution in [0.25, 0.3) is 0 Å². The number of alkyl halides is 5. The molecule has 0 bridgehead atoms. The monoisotopic (exact) mass is 221 g/mol. The van der Waals surface area contributed by atoms with Crippen LogP contribution in [-0.4, -0.2) is 38.9 Å². The number of rotatable bonds is 7. The minimum atomic E-state index is -4.32. The van der Waals surface area contributed by atoms with Crippen molar-refractivity contribution >= 4 is 0 Å². The Bertz CT molecular complexity index is 139. The predicted molar refractivity (Wildman–Crippen MR) is 40.4 cm³/mol. The summed E-state index contributed by atoms with van der Waals surface area (Å²) >= 11 is 0. The van der Waals surface area contributed by atoms with Crippen LogP contribution in [-0.2, 0) is 4.74 Å². The molecule has 0 amide bonds. The van der Waals surface area contributed by atoms with Crippen molar-refractivity contribution in [2.45, 2.75) is 19.0 Å². The second-order valence-corrected chi connectivity index (χ2v) is 2.62. The summed E-state index contributed by atoms with van der Waals surface area (Å²) in [5.41, 5.74) is 0. The first-order valence-electron chi connectivity index (χ1n) is 4.05. The molecular formula is C7H12F5NO. The Labute approximate surface area is 78.4 Å². The zero-order chi connectivity index (χ0) is 11.0. The lowest BCUT2D eigenvalue weighted by Crippen LogP contribution is -2.24. The normalized spacial score (nSPS) is 12.4. The fourth-order valence-electron chi connectivity index (χ4n) is 0.698. The van der Waals surface area contributed by atoms with Crippen LogP contribution in [0.3, 0.4) is 0 Å². The van der Waals surface area contributed by atoms with Gasteiger partial charge in [0.15, 0.2) is 0 Å². The summed E-state index contributed by atoms with van der Waals surface area (Å²) in [7, 11) is 0. The topological polar surface area (TPSA) is 21.3 Å². The summed E-state index contributed by atoms with van der Waals surface area (Å²) in [4.78, 5) is 0. The quantitative estimate of drug-likeness (QED) is 0.523. The molecule has 86 valence electrons. The molecule has 0 aromatic carbocycles. The van der Waals surface area contributed by atoms with Gasteiger partial charge in [-0.3, -0.25) is 0 Å². The van der Waals surface area contributed by atoms with Crippen LogP contribution >= 0.6 is 0 Å². The zero-order valence-corrected chi connectivity index (χ0v) is 7.41. The molecule has 1 N–H and O–H groups in total. The average Bonchev–Trinajstić information content (AvgIpc) is 2.00. The highest BCUT2D eigenvalue weighted by Crippen LogP contribution is 2.14. The van der Waals surface area contributed by atoms with Gasteiger partial charge in [-0.2, -0.15) is 13.2 Å². The van der Waals surface area contributed by atoms with Crippen molar-refractivity contribution in [2.24, 2.45) is 0 Å². The van der Waals surface area contributed by atoms with Crippen molar-refractivity contribution in [3.8, 4) is 0 Å². The third kappa shape index (κ3) is 11.6. The second-order valence-electron chi connectivity index (χ2n) is 2.62. The highest BCUT2D eigenvalue weighted by atomic mass is 19.4. The van der Waals surface area contributed by atoms with Gasteiger partial charge < -0.3 is 10.1 Å². The summed E-state index contributed by atoms with van der Waals surface area (Å²) in [5.74, 6) is 0. The number of nitrogens with one attached hydrogen (secondary N) is 1. The molecule has 0 atom stereocenters. The molecule has 0 saturated carbocycles. The molecule has 0 radical (unpaired) electrons. The van der Waals surface area contributed by atoms with E-state index in [2.05, 4.69) is 10.1 Å². The largest absolute Gasteiger partial charge is 0.411 e. The van der Waals surface area contributed by atoms with Gasteiger partial charge in [0, 0.05) is 6.61 Å². The van der Waals surface area contributed by atoms with E-state index in [-0.39, 0.29) is 19.6 Å². The van der Waals surface area contributed by atoms with E-state index in [0.717, 1.165) is 0 Å². The first kappa shape index (κ1) is 13.6. The van der Waals surface area contributed by atoms with E-state index < -0.39 is 25.8 Å². The molecule has 0 rings (SSSR count). The Morgan fingerprint density at radius 2 is 1.86 bits per heavy atom. The maximum absolute atomic E-state index is 11.5. The summed E-state index contributed by atoms with van der Waals surface area (Å²) in [5, 5.41) is 2.37. The smallest absolute Gasteiger partial charge is 0.372 e. The van der Waals surface area contributed by atoms with Gasteiger partial charge in [-0.15, -0.1) is 0 Å². The minimum absolute atomic E-state index is 0.0876. The van der Waals surface area contributed by atoms with E-state index in [4.69, 9.17) is 0 Å². The van der Waals surface area contributed by atoms with Crippen LogP contribution in [0.4, 0.5) is 22.0 Å². The first-order valence-corrected chi connectivity index (χ1v) is 4.05. The standard InChI is InChI=1S/C7H12F5NO/c8-6(9)4-13-2-1-3-14-5-7(10,11)12/h6,13H,1-5H2. The maximum atomic E-state index is 11.5. The van der Waals surface area contributed by atoms with Crippen molar-refractivity contribution in [2.75, 3.05) is 26.3 Å². The van der Waals surface area contributed by atoms with E-state index in [1.165, 1.54) is 0 Å². The van der Waals surface area contributed by atoms with Gasteiger partial charge in [-0.1, -0.05) is 0 Å². The average molecular weight is 221 g/mol. The predicted octanol–water partition coefficient (Wildman–Crippen LogP) is 1.81. The molecule has 0 aliphatic rings. The molecule has 0 aromatic heterocycles. The molecule has 2 nitrogen and oxygen atoms in total. The second kappa shape index (κ2) is 6.94. The molecule has 0 aromatic rings. The fourth-order valence-corrected chi connectivity index (χ4v) is 0.698. The Hall–Kier alpha value is -0.430. The van der Waals surface area contributed by atoms with E-state index in [9.17, 15) is 22.0 Å². The lowest BCUT2D eigenvalue weighted by Gasteiger charge is -2.07. The van der Waals surface area contributed by atoms with Crippen molar-refractivity contribution in [1.29, 1.82) is 0 Å². The Balaban J connectivity index is 3.07. The van der Waals surface area contributed by atoms with Gasteiger partial charge in [0.25, 0.3) is 6.43 Å². The first-order chi connectivity index (χ1) is 6.42. The lowest BCUT2D eigenvalue weighted by molar-refractivity contribution is -0.173. The molecule has 0 saturated heterocycles. The molecule has 0 spiro atoms. The zero-order valence-electron chi connectivity index (χ0n) is 7.41. The molecular weight excluding hydrogens is 209 g/mol. The van der Waals surface area contributed by atoms with Gasteiger partial charge >= 0.3 is 6.18 Å². The van der Waals surface area contributed by atoms with Crippen LogP contribution in [0.2, 0.25) is 0 Å². The highest BCUT2D eigenvalue weighted by Gasteiger charge is 2.27. The number of ether oxygens (including phenoxy) is 1. The van der Waals surface area contributed by atoms with Crippen molar-refractivity contribution < 1.29 is 26.7 Å². The van der Waals surface area contributed by atoms with E-state index in [0.29, 0.717) is 0 Å². The Morgan fingerprint density at radius 1 is 1.21 bits per heavy atom. The molecule has 0 aliphatic carbocycles. The van der Waals surface area contributed by atoms with Crippen LogP contribution in [0.1, 0.15) is 6.42 Å². The van der Waals surface area contributed by atoms with Crippen LogP contribution in [0.5, 0.6) is 0 Å². The summed E-state index contributed by atoms with van der Waals surface area (Å²) < 4.78 is 61.8. The summed E-state index contributed by atoms with van der Waals surface area (Å²) in [6, 6.07) is 0. The van der Waals surface area contributed by atoms with Crippen molar-refractivity contribution in [3.05, 3.63) is 0 Å². The number of hydrogen-bond acceptors (Lipinski definition) is 2. The Kier molecular flexibility index (Phi) is 6.73. The van der Waals surface area contributed by atoms with Crippen LogP contribution in [0.15, 0.2) is 0 Å². The molecule has 14 heavy (non-hydrogen) atoms. The third-order valence-corrected chi connectivity index (χ3v) is 1.21. The van der Waals surface area contributed by atoms with Gasteiger partial charge in [0.1, 0.15) is 6.61 Å². The van der Waals surface area contributed by atoms with E-state index in [1.54, 1.807) is 0 Å². The molecule has 7 heteroatoms. The maximum Gasteiger partial charge on any atom is 0.411 e. The van der Waals surface area contributed by atoms with Crippen molar-refractivity contribution in [1.82, 2.24) is 5.32 Å². The third-order valence-electron chi connectivity index (χ3n) is 1.21. The fraction of sp³-hybridized carbons (Fsp3) is 1.00. The van der Waals surface area contributed by atoms with Crippen LogP contribution < -0.4 is 5.32 Å². The molecule has 0 fully saturated rings. The van der Waals surface area contributed by atoms with Gasteiger partial charge in [0.05, 0.1) is 6.54 Å². The van der Waals surface area contributed by atoms with Crippen molar-refractivity contribution in [3.63, 3.8) is 0 Å². The van der Waals surface area contributed by atoms with Crippen LogP contribution in [0, 0.1) is 0 Å². The van der Waals surface area contributed by atoms with E-state index >= 15 is 0 Å².